The van der Waals surface area contributed by atoms with Crippen LogP contribution in [0.1, 0.15) is 25.1 Å². The molecule has 0 spiro atoms. The molecular weight excluding hydrogens is 284 g/mol. The third-order valence-electron chi connectivity index (χ3n) is 3.75. The number of carbonyl (C=O) groups excluding carboxylic acids is 1. The molecule has 2 N–H and O–H groups in total. The van der Waals surface area contributed by atoms with Gasteiger partial charge in [-0.3, -0.25) is 9.36 Å². The van der Waals surface area contributed by atoms with Gasteiger partial charge in [0.05, 0.1) is 5.69 Å². The molecule has 0 saturated carbocycles. The van der Waals surface area contributed by atoms with Gasteiger partial charge in [0.2, 0.25) is 5.91 Å². The summed E-state index contributed by atoms with van der Waals surface area (Å²) in [5.41, 5.74) is 0.0747. The van der Waals surface area contributed by atoms with Crippen molar-refractivity contribution in [3.8, 4) is 5.75 Å². The highest BCUT2D eigenvalue weighted by Gasteiger charge is 2.17. The summed E-state index contributed by atoms with van der Waals surface area (Å²) in [6.45, 7) is 0.502. The highest BCUT2D eigenvalue weighted by Crippen LogP contribution is 2.21. The normalized spacial score (nSPS) is 14.2. The minimum Gasteiger partial charge on any atom is -0.506 e. The number of nitrogens with zero attached hydrogens (tertiary/aromatic N) is 3. The van der Waals surface area contributed by atoms with Gasteiger partial charge in [0.15, 0.2) is 0 Å². The molecule has 1 aromatic heterocycles. The lowest BCUT2D eigenvalue weighted by atomic mass is 10.2. The molecule has 0 unspecified atom stereocenters. The summed E-state index contributed by atoms with van der Waals surface area (Å²) in [5.74, 6) is 0.346. The second-order valence-corrected chi connectivity index (χ2v) is 5.38. The monoisotopic (exact) mass is 302 g/mol. The Labute approximate surface area is 127 Å². The first kappa shape index (κ1) is 14.4. The molecular formula is C15H18N4O3. The lowest BCUT2D eigenvalue weighted by molar-refractivity contribution is -0.117. The average molecular weight is 302 g/mol. The first-order valence-corrected chi connectivity index (χ1v) is 7.39. The van der Waals surface area contributed by atoms with Crippen LogP contribution >= 0.6 is 0 Å². The van der Waals surface area contributed by atoms with Crippen molar-refractivity contribution in [3.63, 3.8) is 0 Å². The summed E-state index contributed by atoms with van der Waals surface area (Å²) in [6.07, 6.45) is 3.84. The van der Waals surface area contributed by atoms with Gasteiger partial charge in [-0.25, -0.2) is 9.48 Å². The van der Waals surface area contributed by atoms with Gasteiger partial charge in [0.25, 0.3) is 0 Å². The fourth-order valence-electron chi connectivity index (χ4n) is 2.63. The Balaban J connectivity index is 1.75. The Morgan fingerprint density at radius 1 is 1.27 bits per heavy atom. The molecule has 0 bridgehead atoms. The molecule has 116 valence electrons. The molecule has 2 aromatic rings. The predicted octanol–water partition coefficient (Wildman–Crippen LogP) is 1.12. The Bertz CT molecular complexity index is 747. The third kappa shape index (κ3) is 2.88. The molecule has 7 heteroatoms. The van der Waals surface area contributed by atoms with Gasteiger partial charge in [0, 0.05) is 13.0 Å². The van der Waals surface area contributed by atoms with Crippen molar-refractivity contribution < 1.29 is 9.90 Å². The van der Waals surface area contributed by atoms with Crippen LogP contribution in [0.4, 0.5) is 5.69 Å². The molecule has 3 rings (SSSR count). The van der Waals surface area contributed by atoms with Crippen LogP contribution in [-0.2, 0) is 24.3 Å². The molecule has 7 nitrogen and oxygen atoms in total. The molecule has 0 fully saturated rings. The summed E-state index contributed by atoms with van der Waals surface area (Å²) in [7, 11) is 0. The van der Waals surface area contributed by atoms with Crippen molar-refractivity contribution in [2.24, 2.45) is 0 Å². The maximum atomic E-state index is 12.3. The Morgan fingerprint density at radius 3 is 2.91 bits per heavy atom. The number of aromatic hydroxyl groups is 1. The van der Waals surface area contributed by atoms with Crippen LogP contribution in [0.3, 0.4) is 0 Å². The number of para-hydroxylation sites is 2. The van der Waals surface area contributed by atoms with Gasteiger partial charge >= 0.3 is 5.69 Å². The van der Waals surface area contributed by atoms with Crippen LogP contribution in [0.15, 0.2) is 29.1 Å². The highest BCUT2D eigenvalue weighted by molar-refractivity contribution is 5.91. The average Bonchev–Trinajstić information content (AvgIpc) is 2.67. The van der Waals surface area contributed by atoms with E-state index in [-0.39, 0.29) is 18.0 Å². The number of fused-ring (bicyclic) bond motifs is 1. The molecule has 0 saturated heterocycles. The smallest absolute Gasteiger partial charge is 0.346 e. The minimum absolute atomic E-state index is 0.0104. The van der Waals surface area contributed by atoms with E-state index in [4.69, 9.17) is 0 Å². The minimum atomic E-state index is -0.392. The fraction of sp³-hybridized carbons (Fsp3) is 0.400. The second-order valence-electron chi connectivity index (χ2n) is 5.38. The van der Waals surface area contributed by atoms with E-state index < -0.39 is 5.91 Å². The van der Waals surface area contributed by atoms with E-state index in [1.54, 1.807) is 22.8 Å². The predicted molar refractivity (Wildman–Crippen MR) is 80.8 cm³/mol. The Kier molecular flexibility index (Phi) is 3.95. The number of rotatable bonds is 3. The standard InChI is InChI=1S/C15H18N4O3/c20-12-7-4-3-6-11(12)16-14(21)10-19-15(22)18-9-5-1-2-8-13(18)17-19/h3-4,6-7,20H,1-2,5,8-10H2,(H,16,21). The van der Waals surface area contributed by atoms with E-state index in [9.17, 15) is 14.7 Å². The largest absolute Gasteiger partial charge is 0.506 e. The molecule has 22 heavy (non-hydrogen) atoms. The van der Waals surface area contributed by atoms with Crippen LogP contribution in [-0.4, -0.2) is 25.4 Å². The Hall–Kier alpha value is -2.57. The zero-order chi connectivity index (χ0) is 15.5. The summed E-state index contributed by atoms with van der Waals surface area (Å²) >= 11 is 0. The number of aromatic nitrogens is 3. The number of nitrogens with one attached hydrogen (secondary N) is 1. The van der Waals surface area contributed by atoms with E-state index in [1.165, 1.54) is 10.7 Å². The number of hydrogen-bond acceptors (Lipinski definition) is 4. The number of carbonyl (C=O) groups is 1. The van der Waals surface area contributed by atoms with Crippen LogP contribution in [0.5, 0.6) is 5.75 Å². The van der Waals surface area contributed by atoms with E-state index >= 15 is 0 Å². The molecule has 2 heterocycles. The topological polar surface area (TPSA) is 89.2 Å². The van der Waals surface area contributed by atoms with Crippen LogP contribution in [0.2, 0.25) is 0 Å². The van der Waals surface area contributed by atoms with Gasteiger partial charge < -0.3 is 10.4 Å². The fourth-order valence-corrected chi connectivity index (χ4v) is 2.63. The van der Waals surface area contributed by atoms with E-state index in [0.717, 1.165) is 31.5 Å². The van der Waals surface area contributed by atoms with Crippen LogP contribution < -0.4 is 11.0 Å². The molecule has 1 amide bonds. The summed E-state index contributed by atoms with van der Waals surface area (Å²) in [4.78, 5) is 24.3. The third-order valence-corrected chi connectivity index (χ3v) is 3.75. The molecule has 0 aliphatic carbocycles. The number of amides is 1. The second kappa shape index (κ2) is 6.05. The zero-order valence-corrected chi connectivity index (χ0v) is 12.2. The summed E-state index contributed by atoms with van der Waals surface area (Å²) in [5, 5.41) is 16.5. The first-order chi connectivity index (χ1) is 10.6. The highest BCUT2D eigenvalue weighted by atomic mass is 16.3. The molecule has 0 radical (unpaired) electrons. The van der Waals surface area contributed by atoms with Gasteiger partial charge in [-0.1, -0.05) is 18.6 Å². The SMILES string of the molecule is O=C(Cn1nc2n(c1=O)CCCCC2)Nc1ccccc1O. The van der Waals surface area contributed by atoms with E-state index in [0.29, 0.717) is 12.2 Å². The van der Waals surface area contributed by atoms with Crippen LogP contribution in [0.25, 0.3) is 0 Å². The number of hydrogen-bond donors (Lipinski definition) is 2. The molecule has 1 aromatic carbocycles. The lowest BCUT2D eigenvalue weighted by Crippen LogP contribution is -2.30. The number of phenols is 1. The van der Waals surface area contributed by atoms with E-state index in [2.05, 4.69) is 10.4 Å². The van der Waals surface area contributed by atoms with Gasteiger partial charge in [-0.15, -0.1) is 0 Å². The van der Waals surface area contributed by atoms with Gasteiger partial charge in [0.1, 0.15) is 18.1 Å². The Morgan fingerprint density at radius 2 is 2.09 bits per heavy atom. The number of anilines is 1. The zero-order valence-electron chi connectivity index (χ0n) is 12.2. The van der Waals surface area contributed by atoms with Crippen molar-refractivity contribution in [2.75, 3.05) is 5.32 Å². The maximum Gasteiger partial charge on any atom is 0.346 e. The number of benzene rings is 1. The maximum absolute atomic E-state index is 12.3. The van der Waals surface area contributed by atoms with Crippen molar-refractivity contribution in [1.82, 2.24) is 14.3 Å². The number of phenolic OH excluding ortho intramolecular Hbond substituents is 1. The van der Waals surface area contributed by atoms with Gasteiger partial charge in [-0.2, -0.15) is 5.10 Å². The lowest BCUT2D eigenvalue weighted by Gasteiger charge is -2.06. The quantitative estimate of drug-likeness (QED) is 0.831. The van der Waals surface area contributed by atoms with Crippen molar-refractivity contribution >= 4 is 11.6 Å². The van der Waals surface area contributed by atoms with Gasteiger partial charge in [-0.05, 0) is 25.0 Å². The molecule has 0 atom stereocenters. The van der Waals surface area contributed by atoms with E-state index in [1.807, 2.05) is 0 Å². The summed E-state index contributed by atoms with van der Waals surface area (Å²) < 4.78 is 2.84. The molecule has 1 aliphatic rings. The van der Waals surface area contributed by atoms with Crippen molar-refractivity contribution in [1.29, 1.82) is 0 Å². The van der Waals surface area contributed by atoms with Crippen molar-refractivity contribution in [2.45, 2.75) is 38.8 Å². The van der Waals surface area contributed by atoms with Crippen molar-refractivity contribution in [3.05, 3.63) is 40.6 Å². The first-order valence-electron chi connectivity index (χ1n) is 7.39. The summed E-state index contributed by atoms with van der Waals surface area (Å²) in [6, 6.07) is 6.46. The molecule has 1 aliphatic heterocycles. The number of aryl methyl sites for hydroxylation is 1. The van der Waals surface area contributed by atoms with Crippen LogP contribution in [0, 0.1) is 0 Å².